The average Bonchev–Trinajstić information content (AvgIpc) is 3.01. The van der Waals surface area contributed by atoms with Crippen molar-refractivity contribution in [1.82, 2.24) is 5.32 Å². The fourth-order valence-corrected chi connectivity index (χ4v) is 3.26. The molecule has 2 heterocycles. The molecule has 8 heteroatoms. The predicted molar refractivity (Wildman–Crippen MR) is 99.1 cm³/mol. The Balaban J connectivity index is 1.38. The van der Waals surface area contributed by atoms with E-state index in [1.807, 2.05) is 6.07 Å². The van der Waals surface area contributed by atoms with Crippen molar-refractivity contribution in [2.75, 3.05) is 24.7 Å². The summed E-state index contributed by atoms with van der Waals surface area (Å²) >= 11 is 0. The smallest absolute Gasteiger partial charge is 0.410 e. The molecule has 2 aromatic rings. The van der Waals surface area contributed by atoms with E-state index >= 15 is 0 Å². The van der Waals surface area contributed by atoms with Gasteiger partial charge in [0.25, 0.3) is 11.7 Å². The number of ether oxygens (including phenoxy) is 3. The first-order chi connectivity index (χ1) is 13.6. The van der Waals surface area contributed by atoms with Crippen molar-refractivity contribution in [2.24, 2.45) is 0 Å². The Kier molecular flexibility index (Phi) is 4.79. The number of aliphatic hydroxyl groups is 1. The van der Waals surface area contributed by atoms with Gasteiger partial charge in [0.05, 0.1) is 0 Å². The first-order valence-electron chi connectivity index (χ1n) is 9.00. The number of para-hydroxylation sites is 2. The van der Waals surface area contributed by atoms with E-state index in [4.69, 9.17) is 14.2 Å². The van der Waals surface area contributed by atoms with Gasteiger partial charge in [0, 0.05) is 30.8 Å². The van der Waals surface area contributed by atoms with Crippen molar-refractivity contribution in [3.63, 3.8) is 0 Å². The molecule has 146 valence electrons. The lowest BCUT2D eigenvalue weighted by molar-refractivity contribution is -0.175. The number of rotatable bonds is 4. The van der Waals surface area contributed by atoms with E-state index in [1.165, 1.54) is 4.90 Å². The Hall–Kier alpha value is -3.26. The lowest BCUT2D eigenvalue weighted by Gasteiger charge is -2.23. The molecule has 8 nitrogen and oxygen atoms in total. The minimum absolute atomic E-state index is 0.00810. The highest BCUT2D eigenvalue weighted by atomic mass is 16.7. The minimum Gasteiger partial charge on any atom is -0.486 e. The normalized spacial score (nSPS) is 20.8. The van der Waals surface area contributed by atoms with E-state index in [2.05, 4.69) is 5.32 Å². The summed E-state index contributed by atoms with van der Waals surface area (Å²) in [5.41, 5.74) is 1.35. The molecule has 2 N–H and O–H groups in total. The van der Waals surface area contributed by atoms with Crippen LogP contribution in [0.25, 0.3) is 0 Å². The molecule has 1 fully saturated rings. The zero-order chi connectivity index (χ0) is 19.6. The van der Waals surface area contributed by atoms with E-state index in [0.717, 1.165) is 0 Å². The lowest BCUT2D eigenvalue weighted by atomic mass is 10.1. The van der Waals surface area contributed by atoms with Crippen molar-refractivity contribution >= 4 is 17.7 Å². The number of amides is 2. The third kappa shape index (κ3) is 3.46. The minimum atomic E-state index is -2.18. The number of carbonyl (C=O) groups is 2. The molecule has 4 rings (SSSR count). The van der Waals surface area contributed by atoms with Crippen molar-refractivity contribution in [3.8, 4) is 11.5 Å². The SMILES string of the molecule is O=C(NCc1cccc2c1OCCO2)O[C@@]1(O)CCN(c2ccccc2)C1=O. The molecule has 28 heavy (non-hydrogen) atoms. The quantitative estimate of drug-likeness (QED) is 0.781. The van der Waals surface area contributed by atoms with Crippen LogP contribution < -0.4 is 19.7 Å². The lowest BCUT2D eigenvalue weighted by Crippen LogP contribution is -2.46. The van der Waals surface area contributed by atoms with Crippen LogP contribution in [0.1, 0.15) is 12.0 Å². The van der Waals surface area contributed by atoms with Crippen LogP contribution in [0.4, 0.5) is 10.5 Å². The second kappa shape index (κ2) is 7.40. The van der Waals surface area contributed by atoms with Crippen LogP contribution in [0, 0.1) is 0 Å². The molecule has 0 aliphatic carbocycles. The second-order valence-corrected chi connectivity index (χ2v) is 6.51. The Labute approximate surface area is 161 Å². The highest BCUT2D eigenvalue weighted by Gasteiger charge is 2.49. The summed E-state index contributed by atoms with van der Waals surface area (Å²) in [5, 5.41) is 13.1. The summed E-state index contributed by atoms with van der Waals surface area (Å²) in [6.07, 6.45) is -0.897. The number of hydrogen-bond donors (Lipinski definition) is 2. The van der Waals surface area contributed by atoms with Gasteiger partial charge in [-0.05, 0) is 18.2 Å². The van der Waals surface area contributed by atoms with Gasteiger partial charge in [-0.3, -0.25) is 4.79 Å². The summed E-state index contributed by atoms with van der Waals surface area (Å²) in [7, 11) is 0. The molecule has 2 amide bonds. The van der Waals surface area contributed by atoms with Gasteiger partial charge in [0.2, 0.25) is 0 Å². The van der Waals surface area contributed by atoms with E-state index in [-0.39, 0.29) is 19.5 Å². The molecule has 0 radical (unpaired) electrons. The summed E-state index contributed by atoms with van der Waals surface area (Å²) in [6, 6.07) is 14.3. The van der Waals surface area contributed by atoms with Crippen LogP contribution in [0.2, 0.25) is 0 Å². The van der Waals surface area contributed by atoms with Gasteiger partial charge in [-0.15, -0.1) is 0 Å². The van der Waals surface area contributed by atoms with E-state index in [0.29, 0.717) is 36.0 Å². The third-order valence-corrected chi connectivity index (χ3v) is 4.65. The van der Waals surface area contributed by atoms with Crippen molar-refractivity contribution in [3.05, 3.63) is 54.1 Å². The highest BCUT2D eigenvalue weighted by molar-refractivity contribution is 6.01. The van der Waals surface area contributed by atoms with Gasteiger partial charge in [0.15, 0.2) is 11.5 Å². The van der Waals surface area contributed by atoms with Crippen molar-refractivity contribution in [1.29, 1.82) is 0 Å². The molecule has 2 aromatic carbocycles. The third-order valence-electron chi connectivity index (χ3n) is 4.65. The van der Waals surface area contributed by atoms with Crippen LogP contribution >= 0.6 is 0 Å². The Morgan fingerprint density at radius 1 is 1.14 bits per heavy atom. The maximum Gasteiger partial charge on any atom is 0.410 e. The van der Waals surface area contributed by atoms with Gasteiger partial charge in [0.1, 0.15) is 13.2 Å². The number of alkyl carbamates (subject to hydrolysis) is 1. The maximum atomic E-state index is 12.6. The summed E-state index contributed by atoms with van der Waals surface area (Å²) < 4.78 is 16.2. The van der Waals surface area contributed by atoms with Gasteiger partial charge in [-0.1, -0.05) is 30.3 Å². The second-order valence-electron chi connectivity index (χ2n) is 6.51. The standard InChI is InChI=1S/C20H20N2O6/c23-18-20(25,9-10-22(18)15-6-2-1-3-7-15)28-19(24)21-13-14-5-4-8-16-17(14)27-12-11-26-16/h1-8,25H,9-13H2,(H,21,24)/t20-/m0/s1. The van der Waals surface area contributed by atoms with Gasteiger partial charge >= 0.3 is 6.09 Å². The Morgan fingerprint density at radius 3 is 2.75 bits per heavy atom. The molecule has 0 spiro atoms. The zero-order valence-corrected chi connectivity index (χ0v) is 15.1. The fourth-order valence-electron chi connectivity index (χ4n) is 3.26. The summed E-state index contributed by atoms with van der Waals surface area (Å²) in [4.78, 5) is 26.2. The molecule has 0 saturated carbocycles. The molecule has 2 aliphatic rings. The predicted octanol–water partition coefficient (Wildman–Crippen LogP) is 1.81. The fraction of sp³-hybridized carbons (Fsp3) is 0.300. The topological polar surface area (TPSA) is 97.3 Å². The van der Waals surface area contributed by atoms with Gasteiger partial charge < -0.3 is 29.5 Å². The first kappa shape index (κ1) is 18.1. The van der Waals surface area contributed by atoms with Crippen LogP contribution in [-0.4, -0.2) is 42.7 Å². The molecule has 0 bridgehead atoms. The van der Waals surface area contributed by atoms with E-state index in [1.54, 1.807) is 42.5 Å². The molecule has 2 aliphatic heterocycles. The van der Waals surface area contributed by atoms with Crippen molar-refractivity contribution in [2.45, 2.75) is 18.8 Å². The number of benzene rings is 2. The molecule has 0 aromatic heterocycles. The monoisotopic (exact) mass is 384 g/mol. The first-order valence-corrected chi connectivity index (χ1v) is 9.00. The zero-order valence-electron chi connectivity index (χ0n) is 15.1. The average molecular weight is 384 g/mol. The number of anilines is 1. The van der Waals surface area contributed by atoms with E-state index < -0.39 is 17.8 Å². The number of nitrogens with one attached hydrogen (secondary N) is 1. The molecule has 1 atom stereocenters. The number of fused-ring (bicyclic) bond motifs is 1. The van der Waals surface area contributed by atoms with Crippen LogP contribution in [0.5, 0.6) is 11.5 Å². The van der Waals surface area contributed by atoms with Gasteiger partial charge in [-0.25, -0.2) is 4.79 Å². The largest absolute Gasteiger partial charge is 0.486 e. The summed E-state index contributed by atoms with van der Waals surface area (Å²) in [5.74, 6) is -1.67. The van der Waals surface area contributed by atoms with Crippen LogP contribution in [0.15, 0.2) is 48.5 Å². The Morgan fingerprint density at radius 2 is 1.93 bits per heavy atom. The Bertz CT molecular complexity index is 888. The van der Waals surface area contributed by atoms with Gasteiger partial charge in [-0.2, -0.15) is 0 Å². The molecule has 1 saturated heterocycles. The number of nitrogens with zero attached hydrogens (tertiary/aromatic N) is 1. The van der Waals surface area contributed by atoms with Crippen LogP contribution in [0.3, 0.4) is 0 Å². The summed E-state index contributed by atoms with van der Waals surface area (Å²) in [6.45, 7) is 1.26. The highest BCUT2D eigenvalue weighted by Crippen LogP contribution is 2.33. The molecule has 0 unspecified atom stereocenters. The molecular formula is C20H20N2O6. The van der Waals surface area contributed by atoms with Crippen LogP contribution in [-0.2, 0) is 16.1 Å². The van der Waals surface area contributed by atoms with Crippen molar-refractivity contribution < 1.29 is 28.9 Å². The maximum absolute atomic E-state index is 12.6. The number of hydrogen-bond acceptors (Lipinski definition) is 6. The van der Waals surface area contributed by atoms with E-state index in [9.17, 15) is 14.7 Å². The molecular weight excluding hydrogens is 364 g/mol. The number of carbonyl (C=O) groups excluding carboxylic acids is 2.